The Bertz CT molecular complexity index is 888. The molecule has 0 radical (unpaired) electrons. The summed E-state index contributed by atoms with van der Waals surface area (Å²) < 4.78 is 36.2. The van der Waals surface area contributed by atoms with Gasteiger partial charge in [0.15, 0.2) is 11.6 Å². The van der Waals surface area contributed by atoms with Gasteiger partial charge in [-0.1, -0.05) is 11.2 Å². The van der Waals surface area contributed by atoms with Crippen molar-refractivity contribution < 1.29 is 32.7 Å². The molecule has 2 N–H and O–H groups in total. The predicted molar refractivity (Wildman–Crippen MR) is 90.5 cm³/mol. The maximum Gasteiger partial charge on any atom is 0.410 e. The Morgan fingerprint density at radius 3 is 2.86 bits per heavy atom. The van der Waals surface area contributed by atoms with Gasteiger partial charge in [-0.3, -0.25) is 4.79 Å². The molecule has 1 aromatic carbocycles. The van der Waals surface area contributed by atoms with E-state index in [1.807, 2.05) is 0 Å². The zero-order chi connectivity index (χ0) is 20.3. The van der Waals surface area contributed by atoms with E-state index in [-0.39, 0.29) is 26.1 Å². The van der Waals surface area contributed by atoms with Crippen LogP contribution >= 0.6 is 0 Å². The molecule has 0 bridgehead atoms. The summed E-state index contributed by atoms with van der Waals surface area (Å²) >= 11 is 0. The minimum atomic E-state index is -2.33. The summed E-state index contributed by atoms with van der Waals surface area (Å²) in [5.41, 5.74) is 0.804. The monoisotopic (exact) mass is 395 g/mol. The fraction of sp³-hybridized carbons (Fsp3) is 0.389. The number of carbonyl (C=O) groups excluding carboxylic acids is 2. The number of alkyl carbamates (subject to hydrolysis) is 1. The summed E-state index contributed by atoms with van der Waals surface area (Å²) in [5, 5.41) is 16.6. The van der Waals surface area contributed by atoms with Crippen LogP contribution in [0.4, 0.5) is 13.6 Å². The molecular weight excluding hydrogens is 376 g/mol. The first-order valence-corrected chi connectivity index (χ1v) is 8.61. The van der Waals surface area contributed by atoms with E-state index in [1.54, 1.807) is 13.0 Å². The molecule has 1 saturated heterocycles. The van der Waals surface area contributed by atoms with Gasteiger partial charge in [0.25, 0.3) is 11.7 Å². The van der Waals surface area contributed by atoms with Crippen molar-refractivity contribution in [2.24, 2.45) is 0 Å². The van der Waals surface area contributed by atoms with E-state index in [4.69, 9.17) is 9.26 Å². The summed E-state index contributed by atoms with van der Waals surface area (Å²) in [6.07, 6.45) is -0.704. The number of hydrogen-bond acceptors (Lipinski definition) is 6. The highest BCUT2D eigenvalue weighted by molar-refractivity contribution is 5.86. The summed E-state index contributed by atoms with van der Waals surface area (Å²) in [4.78, 5) is 25.8. The third kappa shape index (κ3) is 4.45. The van der Waals surface area contributed by atoms with Crippen LogP contribution in [0.2, 0.25) is 0 Å². The lowest BCUT2D eigenvalue weighted by molar-refractivity contribution is -0.206. The fourth-order valence-corrected chi connectivity index (χ4v) is 2.92. The molecule has 2 heterocycles. The van der Waals surface area contributed by atoms with E-state index >= 15 is 0 Å². The highest BCUT2D eigenvalue weighted by Crippen LogP contribution is 2.26. The summed E-state index contributed by atoms with van der Waals surface area (Å²) in [5.74, 6) is -4.61. The molecule has 3 rings (SSSR count). The lowest BCUT2D eigenvalue weighted by atomic mass is 10.0. The first-order chi connectivity index (χ1) is 13.3. The van der Waals surface area contributed by atoms with Gasteiger partial charge in [0, 0.05) is 25.6 Å². The van der Waals surface area contributed by atoms with Crippen molar-refractivity contribution in [2.45, 2.75) is 38.6 Å². The molecule has 0 aliphatic carbocycles. The van der Waals surface area contributed by atoms with Crippen molar-refractivity contribution in [2.75, 3.05) is 6.54 Å². The van der Waals surface area contributed by atoms with Crippen LogP contribution in [0.5, 0.6) is 0 Å². The van der Waals surface area contributed by atoms with E-state index in [1.165, 1.54) is 11.0 Å². The average molecular weight is 395 g/mol. The van der Waals surface area contributed by atoms with E-state index in [2.05, 4.69) is 10.5 Å². The lowest BCUT2D eigenvalue weighted by Crippen LogP contribution is -2.56. The molecule has 28 heavy (non-hydrogen) atoms. The second-order valence-electron chi connectivity index (χ2n) is 6.54. The number of aryl methyl sites for hydroxylation is 1. The van der Waals surface area contributed by atoms with Crippen LogP contribution in [0.1, 0.15) is 29.9 Å². The van der Waals surface area contributed by atoms with Gasteiger partial charge in [-0.05, 0) is 31.0 Å². The fourth-order valence-electron chi connectivity index (χ4n) is 2.92. The number of piperidine rings is 1. The first kappa shape index (κ1) is 19.7. The minimum Gasteiger partial charge on any atom is -0.407 e. The number of likely N-dealkylation sites (tertiary alicyclic amines) is 1. The van der Waals surface area contributed by atoms with Crippen LogP contribution in [-0.2, 0) is 22.6 Å². The standard InChI is InChI=1S/C18H19F2N3O5/c1-11-7-13(22-28-11)9-21-17(25)27-18(26)5-2-6-23(16(18)24)10-12-3-4-14(19)15(20)8-12/h3-4,7-8,26H,2,5-6,9-10H2,1H3,(H,21,25). The Morgan fingerprint density at radius 2 is 2.18 bits per heavy atom. The molecule has 0 spiro atoms. The van der Waals surface area contributed by atoms with Crippen molar-refractivity contribution in [3.63, 3.8) is 0 Å². The third-order valence-corrected chi connectivity index (χ3v) is 4.27. The highest BCUT2D eigenvalue weighted by atomic mass is 19.2. The molecule has 1 aromatic heterocycles. The van der Waals surface area contributed by atoms with Crippen LogP contribution in [-0.4, -0.2) is 39.5 Å². The van der Waals surface area contributed by atoms with Crippen LogP contribution in [0.25, 0.3) is 0 Å². The Morgan fingerprint density at radius 1 is 1.39 bits per heavy atom. The molecule has 2 aromatic rings. The number of ether oxygens (including phenoxy) is 1. The Kier molecular flexibility index (Phi) is 5.59. The number of carbonyl (C=O) groups is 2. The van der Waals surface area contributed by atoms with Gasteiger partial charge < -0.3 is 24.6 Å². The summed E-state index contributed by atoms with van der Waals surface area (Å²) in [6.45, 7) is 1.92. The van der Waals surface area contributed by atoms with Gasteiger partial charge in [-0.2, -0.15) is 0 Å². The zero-order valence-corrected chi connectivity index (χ0v) is 15.1. The molecule has 1 aliphatic heterocycles. The number of aliphatic hydroxyl groups is 1. The topological polar surface area (TPSA) is 105 Å². The van der Waals surface area contributed by atoms with Gasteiger partial charge in [0.1, 0.15) is 11.5 Å². The molecule has 0 saturated carbocycles. The van der Waals surface area contributed by atoms with Gasteiger partial charge in [-0.25, -0.2) is 13.6 Å². The first-order valence-electron chi connectivity index (χ1n) is 8.61. The number of nitrogens with one attached hydrogen (secondary N) is 1. The summed E-state index contributed by atoms with van der Waals surface area (Å²) in [6, 6.07) is 4.89. The normalized spacial score (nSPS) is 19.6. The maximum absolute atomic E-state index is 13.4. The second kappa shape index (κ2) is 7.93. The zero-order valence-electron chi connectivity index (χ0n) is 15.1. The molecule has 8 nitrogen and oxygen atoms in total. The van der Waals surface area contributed by atoms with E-state index < -0.39 is 29.4 Å². The number of rotatable bonds is 5. The van der Waals surface area contributed by atoms with Crippen molar-refractivity contribution in [1.29, 1.82) is 0 Å². The smallest absolute Gasteiger partial charge is 0.407 e. The number of hydrogen-bond donors (Lipinski definition) is 2. The molecule has 1 atom stereocenters. The van der Waals surface area contributed by atoms with Crippen LogP contribution in [0.15, 0.2) is 28.8 Å². The van der Waals surface area contributed by atoms with Crippen molar-refractivity contribution in [3.05, 3.63) is 52.9 Å². The minimum absolute atomic E-state index is 0.000978. The van der Waals surface area contributed by atoms with Crippen molar-refractivity contribution in [1.82, 2.24) is 15.4 Å². The lowest BCUT2D eigenvalue weighted by Gasteiger charge is -2.37. The third-order valence-electron chi connectivity index (χ3n) is 4.27. The summed E-state index contributed by atoms with van der Waals surface area (Å²) in [7, 11) is 0. The van der Waals surface area contributed by atoms with Crippen LogP contribution in [0.3, 0.4) is 0 Å². The van der Waals surface area contributed by atoms with E-state index in [0.29, 0.717) is 23.4 Å². The number of benzene rings is 1. The average Bonchev–Trinajstić information content (AvgIpc) is 3.06. The molecule has 1 aliphatic rings. The molecule has 1 unspecified atom stereocenters. The number of amides is 2. The highest BCUT2D eigenvalue weighted by Gasteiger charge is 2.46. The van der Waals surface area contributed by atoms with Crippen LogP contribution < -0.4 is 5.32 Å². The number of halogens is 2. The molecule has 2 amide bonds. The number of aromatic nitrogens is 1. The van der Waals surface area contributed by atoms with Gasteiger partial charge in [0.05, 0.1) is 6.54 Å². The van der Waals surface area contributed by atoms with Gasteiger partial charge >= 0.3 is 6.09 Å². The van der Waals surface area contributed by atoms with Gasteiger partial charge in [-0.15, -0.1) is 0 Å². The Labute approximate surface area is 159 Å². The number of nitrogens with zero attached hydrogens (tertiary/aromatic N) is 2. The quantitative estimate of drug-likeness (QED) is 0.751. The van der Waals surface area contributed by atoms with E-state index in [0.717, 1.165) is 12.1 Å². The second-order valence-corrected chi connectivity index (χ2v) is 6.54. The van der Waals surface area contributed by atoms with Crippen molar-refractivity contribution >= 4 is 12.0 Å². The Hall–Kier alpha value is -3.01. The SMILES string of the molecule is Cc1cc(CNC(=O)OC2(O)CCCN(Cc3ccc(F)c(F)c3)C2=O)no1. The van der Waals surface area contributed by atoms with E-state index in [9.17, 15) is 23.5 Å². The van der Waals surface area contributed by atoms with Crippen molar-refractivity contribution in [3.8, 4) is 0 Å². The molecule has 1 fully saturated rings. The largest absolute Gasteiger partial charge is 0.410 e. The Balaban J connectivity index is 1.61. The maximum atomic E-state index is 13.4. The van der Waals surface area contributed by atoms with Crippen LogP contribution in [0, 0.1) is 18.6 Å². The predicted octanol–water partition coefficient (Wildman–Crippen LogP) is 2.00. The molecule has 150 valence electrons. The molecule has 10 heteroatoms. The van der Waals surface area contributed by atoms with Gasteiger partial charge in [0.2, 0.25) is 0 Å². The molecular formula is C18H19F2N3O5.